The highest BCUT2D eigenvalue weighted by Crippen LogP contribution is 2.18. The molecule has 90 valence electrons. The van der Waals surface area contributed by atoms with Crippen LogP contribution < -0.4 is 10.1 Å². The van der Waals surface area contributed by atoms with Crippen LogP contribution in [0.2, 0.25) is 0 Å². The van der Waals surface area contributed by atoms with Crippen molar-refractivity contribution in [1.82, 2.24) is 5.32 Å². The Hall–Kier alpha value is -1.02. The number of benzene rings is 1. The molecule has 1 N–H and O–H groups in total. The van der Waals surface area contributed by atoms with E-state index >= 15 is 0 Å². The van der Waals surface area contributed by atoms with Crippen LogP contribution in [0.15, 0.2) is 24.3 Å². The van der Waals surface area contributed by atoms with E-state index in [2.05, 4.69) is 45.1 Å². The van der Waals surface area contributed by atoms with Gasteiger partial charge in [-0.25, -0.2) is 0 Å². The first kappa shape index (κ1) is 13.0. The van der Waals surface area contributed by atoms with Crippen molar-refractivity contribution < 1.29 is 4.74 Å². The lowest BCUT2D eigenvalue weighted by Gasteiger charge is -2.21. The third-order valence-electron chi connectivity index (χ3n) is 2.24. The van der Waals surface area contributed by atoms with Crippen LogP contribution in [0.25, 0.3) is 0 Å². The van der Waals surface area contributed by atoms with E-state index < -0.39 is 0 Å². The molecule has 0 amide bonds. The SMILES string of the molecule is CCCOc1ccccc1CNC(C)(C)C. The fourth-order valence-corrected chi connectivity index (χ4v) is 1.36. The second-order valence-electron chi connectivity index (χ2n) is 5.06. The van der Waals surface area contributed by atoms with Crippen LogP contribution >= 0.6 is 0 Å². The fourth-order valence-electron chi connectivity index (χ4n) is 1.36. The summed E-state index contributed by atoms with van der Waals surface area (Å²) in [7, 11) is 0. The van der Waals surface area contributed by atoms with E-state index in [4.69, 9.17) is 4.74 Å². The first-order valence-electron chi connectivity index (χ1n) is 5.98. The summed E-state index contributed by atoms with van der Waals surface area (Å²) in [5, 5.41) is 3.47. The second-order valence-corrected chi connectivity index (χ2v) is 5.06. The predicted octanol–water partition coefficient (Wildman–Crippen LogP) is 3.36. The molecule has 0 bridgehead atoms. The molecular formula is C14H23NO. The highest BCUT2D eigenvalue weighted by molar-refractivity contribution is 5.33. The molecule has 0 aliphatic rings. The van der Waals surface area contributed by atoms with Crippen molar-refractivity contribution in [3.63, 3.8) is 0 Å². The molecule has 0 saturated carbocycles. The normalized spacial score (nSPS) is 11.5. The summed E-state index contributed by atoms with van der Waals surface area (Å²) in [6.45, 7) is 10.3. The molecular weight excluding hydrogens is 198 g/mol. The van der Waals surface area contributed by atoms with Gasteiger partial charge in [-0.1, -0.05) is 25.1 Å². The van der Waals surface area contributed by atoms with E-state index in [1.165, 1.54) is 5.56 Å². The van der Waals surface area contributed by atoms with Gasteiger partial charge in [0.25, 0.3) is 0 Å². The molecule has 0 heterocycles. The lowest BCUT2D eigenvalue weighted by molar-refractivity contribution is 0.311. The largest absolute Gasteiger partial charge is 0.493 e. The summed E-state index contributed by atoms with van der Waals surface area (Å²) in [6, 6.07) is 8.23. The summed E-state index contributed by atoms with van der Waals surface area (Å²) in [5.41, 5.74) is 1.36. The van der Waals surface area contributed by atoms with Crippen LogP contribution in [0, 0.1) is 0 Å². The van der Waals surface area contributed by atoms with Crippen LogP contribution in [-0.2, 0) is 6.54 Å². The molecule has 1 aromatic carbocycles. The quantitative estimate of drug-likeness (QED) is 0.823. The molecule has 16 heavy (non-hydrogen) atoms. The van der Waals surface area contributed by atoms with Gasteiger partial charge in [0, 0.05) is 17.6 Å². The molecule has 0 aromatic heterocycles. The maximum absolute atomic E-state index is 5.71. The number of hydrogen-bond acceptors (Lipinski definition) is 2. The second kappa shape index (κ2) is 5.90. The molecule has 0 radical (unpaired) electrons. The van der Waals surface area contributed by atoms with Gasteiger partial charge in [0.2, 0.25) is 0 Å². The average molecular weight is 221 g/mol. The maximum Gasteiger partial charge on any atom is 0.123 e. The van der Waals surface area contributed by atoms with Gasteiger partial charge in [-0.05, 0) is 33.3 Å². The first-order valence-corrected chi connectivity index (χ1v) is 5.98. The van der Waals surface area contributed by atoms with Gasteiger partial charge in [-0.3, -0.25) is 0 Å². The van der Waals surface area contributed by atoms with Crippen LogP contribution in [0.4, 0.5) is 0 Å². The molecule has 0 aliphatic heterocycles. The van der Waals surface area contributed by atoms with Gasteiger partial charge in [-0.2, -0.15) is 0 Å². The van der Waals surface area contributed by atoms with E-state index in [1.807, 2.05) is 12.1 Å². The van der Waals surface area contributed by atoms with E-state index in [-0.39, 0.29) is 5.54 Å². The van der Waals surface area contributed by atoms with Crippen LogP contribution in [0.1, 0.15) is 39.7 Å². The van der Waals surface area contributed by atoms with Crippen molar-refractivity contribution in [1.29, 1.82) is 0 Å². The molecule has 0 atom stereocenters. The monoisotopic (exact) mass is 221 g/mol. The zero-order valence-corrected chi connectivity index (χ0v) is 10.8. The van der Waals surface area contributed by atoms with Gasteiger partial charge < -0.3 is 10.1 Å². The smallest absolute Gasteiger partial charge is 0.123 e. The Bertz CT molecular complexity index is 315. The Kier molecular flexibility index (Phi) is 4.81. The summed E-state index contributed by atoms with van der Waals surface area (Å²) >= 11 is 0. The molecule has 0 unspecified atom stereocenters. The van der Waals surface area contributed by atoms with Gasteiger partial charge in [0.15, 0.2) is 0 Å². The van der Waals surface area contributed by atoms with Crippen molar-refractivity contribution in [3.8, 4) is 5.75 Å². The fraction of sp³-hybridized carbons (Fsp3) is 0.571. The minimum Gasteiger partial charge on any atom is -0.493 e. The number of rotatable bonds is 5. The number of para-hydroxylation sites is 1. The maximum atomic E-state index is 5.71. The Balaban J connectivity index is 2.63. The van der Waals surface area contributed by atoms with Crippen LogP contribution in [0.5, 0.6) is 5.75 Å². The van der Waals surface area contributed by atoms with Crippen molar-refractivity contribution in [3.05, 3.63) is 29.8 Å². The average Bonchev–Trinajstić information content (AvgIpc) is 2.23. The van der Waals surface area contributed by atoms with Crippen molar-refractivity contribution >= 4 is 0 Å². The van der Waals surface area contributed by atoms with Gasteiger partial charge in [0.1, 0.15) is 5.75 Å². The zero-order valence-electron chi connectivity index (χ0n) is 10.8. The van der Waals surface area contributed by atoms with Crippen LogP contribution in [-0.4, -0.2) is 12.1 Å². The standard InChI is InChI=1S/C14H23NO/c1-5-10-16-13-9-7-6-8-12(13)11-15-14(2,3)4/h6-9,15H,5,10-11H2,1-4H3. The minimum atomic E-state index is 0.137. The summed E-state index contributed by atoms with van der Waals surface area (Å²) in [4.78, 5) is 0. The molecule has 0 saturated heterocycles. The third-order valence-corrected chi connectivity index (χ3v) is 2.24. The summed E-state index contributed by atoms with van der Waals surface area (Å²) < 4.78 is 5.71. The lowest BCUT2D eigenvalue weighted by atomic mass is 10.1. The summed E-state index contributed by atoms with van der Waals surface area (Å²) in [5.74, 6) is 1.00. The minimum absolute atomic E-state index is 0.137. The van der Waals surface area contributed by atoms with Gasteiger partial charge in [-0.15, -0.1) is 0 Å². The Morgan fingerprint density at radius 1 is 1.19 bits per heavy atom. The Morgan fingerprint density at radius 2 is 1.88 bits per heavy atom. The molecule has 2 nitrogen and oxygen atoms in total. The topological polar surface area (TPSA) is 21.3 Å². The Morgan fingerprint density at radius 3 is 2.50 bits per heavy atom. The van der Waals surface area contributed by atoms with E-state index in [9.17, 15) is 0 Å². The molecule has 0 aliphatic carbocycles. The molecule has 1 rings (SSSR count). The molecule has 0 fully saturated rings. The predicted molar refractivity (Wildman–Crippen MR) is 68.8 cm³/mol. The highest BCUT2D eigenvalue weighted by atomic mass is 16.5. The number of ether oxygens (including phenoxy) is 1. The lowest BCUT2D eigenvalue weighted by Crippen LogP contribution is -2.35. The van der Waals surface area contributed by atoms with Gasteiger partial charge >= 0.3 is 0 Å². The third kappa shape index (κ3) is 4.67. The van der Waals surface area contributed by atoms with Crippen molar-refractivity contribution in [2.45, 2.75) is 46.2 Å². The first-order chi connectivity index (χ1) is 7.53. The zero-order chi connectivity index (χ0) is 12.0. The molecule has 1 aromatic rings. The van der Waals surface area contributed by atoms with E-state index in [0.717, 1.165) is 25.3 Å². The summed E-state index contributed by atoms with van der Waals surface area (Å²) in [6.07, 6.45) is 1.04. The molecule has 2 heteroatoms. The van der Waals surface area contributed by atoms with Crippen molar-refractivity contribution in [2.24, 2.45) is 0 Å². The van der Waals surface area contributed by atoms with E-state index in [1.54, 1.807) is 0 Å². The van der Waals surface area contributed by atoms with Gasteiger partial charge in [0.05, 0.1) is 6.61 Å². The van der Waals surface area contributed by atoms with Crippen LogP contribution in [0.3, 0.4) is 0 Å². The van der Waals surface area contributed by atoms with Crippen molar-refractivity contribution in [2.75, 3.05) is 6.61 Å². The molecule has 0 spiro atoms. The van der Waals surface area contributed by atoms with E-state index in [0.29, 0.717) is 0 Å². The number of nitrogens with one attached hydrogen (secondary N) is 1. The highest BCUT2D eigenvalue weighted by Gasteiger charge is 2.10. The Labute approximate surface area is 99.0 Å². The number of hydrogen-bond donors (Lipinski definition) is 1.